The van der Waals surface area contributed by atoms with Crippen molar-refractivity contribution in [2.75, 3.05) is 6.54 Å². The van der Waals surface area contributed by atoms with Gasteiger partial charge in [0.15, 0.2) is 5.78 Å². The third-order valence-electron chi connectivity index (χ3n) is 2.55. The van der Waals surface area contributed by atoms with Gasteiger partial charge in [-0.3, -0.25) is 9.78 Å². The van der Waals surface area contributed by atoms with Crippen molar-refractivity contribution in [3.63, 3.8) is 0 Å². The van der Waals surface area contributed by atoms with E-state index in [1.807, 2.05) is 24.3 Å². The third-order valence-corrected chi connectivity index (χ3v) is 3.33. The maximum atomic E-state index is 12.1. The molecule has 3 nitrogen and oxygen atoms in total. The van der Waals surface area contributed by atoms with Crippen molar-refractivity contribution in [2.24, 2.45) is 5.73 Å². The first-order valence-electron chi connectivity index (χ1n) is 5.50. The molecule has 0 spiro atoms. The highest BCUT2D eigenvalue weighted by atomic mass is 32.1. The lowest BCUT2D eigenvalue weighted by molar-refractivity contribution is 0.0993. The number of nitrogens with two attached hydrogens (primary N) is 1. The standard InChI is InChI=1S/C13H14N2OS/c14-6-5-10-3-1-2-4-12(10)13(16)7-11-8-15-9-17-11/h1-4,8-9H,5-7,14H2. The Morgan fingerprint density at radius 1 is 1.35 bits per heavy atom. The molecule has 0 radical (unpaired) electrons. The van der Waals surface area contributed by atoms with E-state index >= 15 is 0 Å². The summed E-state index contributed by atoms with van der Waals surface area (Å²) in [4.78, 5) is 17.1. The molecule has 0 fully saturated rings. The molecule has 0 amide bonds. The summed E-state index contributed by atoms with van der Waals surface area (Å²) >= 11 is 1.51. The fourth-order valence-electron chi connectivity index (χ4n) is 1.75. The molecule has 1 aromatic carbocycles. The van der Waals surface area contributed by atoms with E-state index in [9.17, 15) is 4.79 Å². The number of hydrogen-bond acceptors (Lipinski definition) is 4. The van der Waals surface area contributed by atoms with Crippen LogP contribution in [0, 0.1) is 0 Å². The minimum Gasteiger partial charge on any atom is -0.330 e. The number of ketones is 1. The summed E-state index contributed by atoms with van der Waals surface area (Å²) in [6.45, 7) is 0.560. The summed E-state index contributed by atoms with van der Waals surface area (Å²) < 4.78 is 0. The number of nitrogens with zero attached hydrogens (tertiary/aromatic N) is 1. The van der Waals surface area contributed by atoms with Crippen LogP contribution in [0.15, 0.2) is 36.0 Å². The molecule has 0 aliphatic carbocycles. The first kappa shape index (κ1) is 12.0. The molecular formula is C13H14N2OS. The van der Waals surface area contributed by atoms with E-state index in [2.05, 4.69) is 4.98 Å². The van der Waals surface area contributed by atoms with E-state index in [1.54, 1.807) is 11.7 Å². The monoisotopic (exact) mass is 246 g/mol. The normalized spacial score (nSPS) is 10.4. The van der Waals surface area contributed by atoms with Crippen molar-refractivity contribution < 1.29 is 4.79 Å². The van der Waals surface area contributed by atoms with Gasteiger partial charge in [-0.2, -0.15) is 0 Å². The number of benzene rings is 1. The molecule has 2 aromatic rings. The zero-order valence-electron chi connectivity index (χ0n) is 9.43. The van der Waals surface area contributed by atoms with Gasteiger partial charge in [-0.25, -0.2) is 0 Å². The first-order valence-corrected chi connectivity index (χ1v) is 6.37. The lowest BCUT2D eigenvalue weighted by Crippen LogP contribution is -2.10. The van der Waals surface area contributed by atoms with Gasteiger partial charge >= 0.3 is 0 Å². The van der Waals surface area contributed by atoms with Crippen LogP contribution < -0.4 is 5.73 Å². The second kappa shape index (κ2) is 5.70. The zero-order valence-corrected chi connectivity index (χ0v) is 10.2. The summed E-state index contributed by atoms with van der Waals surface area (Å²) in [7, 11) is 0. The van der Waals surface area contributed by atoms with Crippen LogP contribution in [0.25, 0.3) is 0 Å². The Kier molecular flexibility index (Phi) is 4.01. The third kappa shape index (κ3) is 2.99. The molecule has 0 saturated heterocycles. The molecule has 2 N–H and O–H groups in total. The Balaban J connectivity index is 2.18. The minimum absolute atomic E-state index is 0.137. The number of carbonyl (C=O) groups is 1. The molecule has 0 bridgehead atoms. The van der Waals surface area contributed by atoms with E-state index in [1.165, 1.54) is 11.3 Å². The van der Waals surface area contributed by atoms with Crippen LogP contribution in [-0.4, -0.2) is 17.3 Å². The van der Waals surface area contributed by atoms with Crippen LogP contribution in [0.5, 0.6) is 0 Å². The van der Waals surface area contributed by atoms with Crippen LogP contribution in [0.1, 0.15) is 20.8 Å². The van der Waals surface area contributed by atoms with Gasteiger partial charge < -0.3 is 5.73 Å². The van der Waals surface area contributed by atoms with E-state index in [-0.39, 0.29) is 5.78 Å². The Morgan fingerprint density at radius 2 is 2.18 bits per heavy atom. The average Bonchev–Trinajstić information content (AvgIpc) is 2.83. The highest BCUT2D eigenvalue weighted by Gasteiger charge is 2.11. The molecule has 0 unspecified atom stereocenters. The zero-order chi connectivity index (χ0) is 12.1. The maximum Gasteiger partial charge on any atom is 0.168 e. The van der Waals surface area contributed by atoms with E-state index in [4.69, 9.17) is 5.73 Å². The number of aromatic nitrogens is 1. The Bertz CT molecular complexity index is 494. The van der Waals surface area contributed by atoms with Crippen LogP contribution >= 0.6 is 11.3 Å². The Labute approximate surface area is 104 Å². The van der Waals surface area contributed by atoms with Gasteiger partial charge in [0, 0.05) is 23.1 Å². The van der Waals surface area contributed by atoms with E-state index < -0.39 is 0 Å². The molecule has 0 aliphatic heterocycles. The largest absolute Gasteiger partial charge is 0.330 e. The maximum absolute atomic E-state index is 12.1. The SMILES string of the molecule is NCCc1ccccc1C(=O)Cc1cncs1. The molecule has 1 heterocycles. The summed E-state index contributed by atoms with van der Waals surface area (Å²) in [5, 5.41) is 0. The van der Waals surface area contributed by atoms with Gasteiger partial charge in [-0.1, -0.05) is 24.3 Å². The van der Waals surface area contributed by atoms with Crippen LogP contribution in [0.2, 0.25) is 0 Å². The van der Waals surface area contributed by atoms with Crippen molar-refractivity contribution in [3.8, 4) is 0 Å². The number of rotatable bonds is 5. The van der Waals surface area contributed by atoms with Crippen molar-refractivity contribution >= 4 is 17.1 Å². The number of thiazole rings is 1. The lowest BCUT2D eigenvalue weighted by atomic mass is 9.99. The average molecular weight is 246 g/mol. The molecule has 2 rings (SSSR count). The highest BCUT2D eigenvalue weighted by Crippen LogP contribution is 2.15. The van der Waals surface area contributed by atoms with Gasteiger partial charge in [0.2, 0.25) is 0 Å². The van der Waals surface area contributed by atoms with Crippen LogP contribution in [-0.2, 0) is 12.8 Å². The van der Waals surface area contributed by atoms with E-state index in [0.717, 1.165) is 22.4 Å². The summed E-state index contributed by atoms with van der Waals surface area (Å²) in [5.74, 6) is 0.137. The highest BCUT2D eigenvalue weighted by molar-refractivity contribution is 7.09. The summed E-state index contributed by atoms with van der Waals surface area (Å²) in [6, 6.07) is 7.66. The van der Waals surface area contributed by atoms with E-state index in [0.29, 0.717) is 13.0 Å². The molecule has 0 aliphatic rings. The molecule has 88 valence electrons. The van der Waals surface area contributed by atoms with Gasteiger partial charge in [0.25, 0.3) is 0 Å². The number of Topliss-reactive ketones (excluding diaryl/α,β-unsaturated/α-hetero) is 1. The minimum atomic E-state index is 0.137. The molecule has 17 heavy (non-hydrogen) atoms. The predicted octanol–water partition coefficient (Wildman–Crippen LogP) is 2.07. The van der Waals surface area contributed by atoms with Gasteiger partial charge in [-0.05, 0) is 18.5 Å². The van der Waals surface area contributed by atoms with Crippen LogP contribution in [0.3, 0.4) is 0 Å². The fraction of sp³-hybridized carbons (Fsp3) is 0.231. The molecule has 4 heteroatoms. The Hall–Kier alpha value is -1.52. The first-order chi connectivity index (χ1) is 8.31. The molecule has 1 aromatic heterocycles. The smallest absolute Gasteiger partial charge is 0.168 e. The van der Waals surface area contributed by atoms with Crippen molar-refractivity contribution in [2.45, 2.75) is 12.8 Å². The summed E-state index contributed by atoms with van der Waals surface area (Å²) in [5.41, 5.74) is 9.11. The molecule has 0 atom stereocenters. The van der Waals surface area contributed by atoms with Crippen LogP contribution in [0.4, 0.5) is 0 Å². The quantitative estimate of drug-likeness (QED) is 0.822. The number of carbonyl (C=O) groups excluding carboxylic acids is 1. The van der Waals surface area contributed by atoms with Gasteiger partial charge in [0.1, 0.15) is 0 Å². The second-order valence-corrected chi connectivity index (χ2v) is 4.73. The fourth-order valence-corrected chi connectivity index (χ4v) is 2.34. The molecular weight excluding hydrogens is 232 g/mol. The van der Waals surface area contributed by atoms with Crippen molar-refractivity contribution in [1.82, 2.24) is 4.98 Å². The topological polar surface area (TPSA) is 56.0 Å². The van der Waals surface area contributed by atoms with Gasteiger partial charge in [0.05, 0.1) is 5.51 Å². The second-order valence-electron chi connectivity index (χ2n) is 3.76. The predicted molar refractivity (Wildman–Crippen MR) is 69.3 cm³/mol. The van der Waals surface area contributed by atoms with Crippen molar-refractivity contribution in [1.29, 1.82) is 0 Å². The number of hydrogen-bond donors (Lipinski definition) is 1. The molecule has 0 saturated carbocycles. The summed E-state index contributed by atoms with van der Waals surface area (Å²) in [6.07, 6.45) is 2.91. The Morgan fingerprint density at radius 3 is 2.88 bits per heavy atom. The lowest BCUT2D eigenvalue weighted by Gasteiger charge is -2.06. The van der Waals surface area contributed by atoms with Gasteiger partial charge in [-0.15, -0.1) is 11.3 Å². The van der Waals surface area contributed by atoms with Crippen molar-refractivity contribution in [3.05, 3.63) is 52.0 Å².